The van der Waals surface area contributed by atoms with Gasteiger partial charge in [-0.2, -0.15) is 0 Å². The number of anilines is 4. The van der Waals surface area contributed by atoms with E-state index in [1.54, 1.807) is 93.0 Å². The van der Waals surface area contributed by atoms with Gasteiger partial charge in [0.1, 0.15) is 13.2 Å². The average molecular weight is 1130 g/mol. The molecule has 412 valence electrons. The number of hydrogen-bond acceptors (Lipinski definition) is 13. The van der Waals surface area contributed by atoms with E-state index in [0.29, 0.717) is 38.6 Å². The normalized spacial score (nSPS) is 14.0. The first-order valence-corrected chi connectivity index (χ1v) is 29.4. The fourth-order valence-electron chi connectivity index (χ4n) is 8.94. The molecule has 0 saturated carbocycles. The second kappa shape index (κ2) is 27.4. The minimum Gasteiger partial charge on any atom is -0.444 e. The molecule has 2 amide bonds. The Bertz CT molecular complexity index is 3530. The first-order chi connectivity index (χ1) is 38.1. The van der Waals surface area contributed by atoms with Gasteiger partial charge in [-0.3, -0.25) is 24.3 Å². The summed E-state index contributed by atoms with van der Waals surface area (Å²) >= 11 is 0. The molecule has 2 saturated heterocycles. The number of fused-ring (bicyclic) bond motifs is 2. The van der Waals surface area contributed by atoms with E-state index in [-0.39, 0.29) is 23.0 Å². The summed E-state index contributed by atoms with van der Waals surface area (Å²) in [6, 6.07) is 54.4. The minimum atomic E-state index is -3.90. The maximum atomic E-state index is 13.5. The SMILES string of the molecule is CN(C(=O)OCc1ccccc1)c1cccc2c(S(=O)(=O)Cl)cccc12.CN(C(=O)OCc1ccccc1)c1cccc2c(S(=O)(=O)Nc3ccc(CN4CCOCC4)cc3)cccc12.Nc1ccc(CN2CCOCC2)cc1. The molecule has 8 aromatic rings. The highest BCUT2D eigenvalue weighted by Crippen LogP contribution is 2.34. The summed E-state index contributed by atoms with van der Waals surface area (Å²) < 4.78 is 74.7. The molecule has 0 radical (unpaired) electrons. The van der Waals surface area contributed by atoms with Gasteiger partial charge >= 0.3 is 12.2 Å². The number of nitrogens with two attached hydrogens (primary N) is 1. The zero-order valence-corrected chi connectivity index (χ0v) is 46.3. The van der Waals surface area contributed by atoms with E-state index in [4.69, 9.17) is 35.4 Å². The van der Waals surface area contributed by atoms with Gasteiger partial charge in [0.2, 0.25) is 0 Å². The number of halogens is 1. The van der Waals surface area contributed by atoms with E-state index < -0.39 is 31.3 Å². The summed E-state index contributed by atoms with van der Waals surface area (Å²) in [5.41, 5.74) is 12.2. The number of benzene rings is 8. The van der Waals surface area contributed by atoms with Crippen LogP contribution in [0.5, 0.6) is 0 Å². The number of carbonyl (C=O) groups is 2. The monoisotopic (exact) mass is 1130 g/mol. The molecule has 0 aliphatic carbocycles. The van der Waals surface area contributed by atoms with Gasteiger partial charge in [0.25, 0.3) is 19.1 Å². The highest BCUT2D eigenvalue weighted by atomic mass is 35.7. The molecule has 2 aliphatic rings. The van der Waals surface area contributed by atoms with Crippen molar-refractivity contribution in [1.82, 2.24) is 9.80 Å². The molecule has 10 rings (SSSR count). The third-order valence-corrected chi connectivity index (χ3v) is 16.0. The minimum absolute atomic E-state index is 0.00423. The Hall–Kier alpha value is -7.55. The maximum absolute atomic E-state index is 13.5. The molecular weight excluding hydrogens is 1060 g/mol. The molecule has 19 heteroatoms. The van der Waals surface area contributed by atoms with Crippen molar-refractivity contribution in [2.24, 2.45) is 0 Å². The predicted molar refractivity (Wildman–Crippen MR) is 311 cm³/mol. The first kappa shape index (κ1) is 57.6. The first-order valence-electron chi connectivity index (χ1n) is 25.6. The Balaban J connectivity index is 0.000000175. The van der Waals surface area contributed by atoms with Crippen molar-refractivity contribution in [2.45, 2.75) is 36.1 Å². The third kappa shape index (κ3) is 16.0. The summed E-state index contributed by atoms with van der Waals surface area (Å²) in [4.78, 5) is 32.8. The van der Waals surface area contributed by atoms with E-state index in [0.717, 1.165) is 88.1 Å². The number of nitrogen functional groups attached to an aromatic ring is 1. The Morgan fingerprint density at radius 1 is 0.506 bits per heavy atom. The summed E-state index contributed by atoms with van der Waals surface area (Å²) in [5.74, 6) is 0. The van der Waals surface area contributed by atoms with Crippen molar-refractivity contribution in [3.8, 4) is 0 Å². The highest BCUT2D eigenvalue weighted by molar-refractivity contribution is 8.14. The van der Waals surface area contributed by atoms with Crippen molar-refractivity contribution in [3.05, 3.63) is 204 Å². The Kier molecular flexibility index (Phi) is 20.0. The number of nitrogens with zero attached hydrogens (tertiary/aromatic N) is 4. The number of sulfonamides is 1. The van der Waals surface area contributed by atoms with Gasteiger partial charge in [-0.05, 0) is 70.8 Å². The van der Waals surface area contributed by atoms with Crippen molar-refractivity contribution in [1.29, 1.82) is 0 Å². The summed E-state index contributed by atoms with van der Waals surface area (Å²) in [5, 5.41) is 2.17. The Morgan fingerprint density at radius 2 is 0.899 bits per heavy atom. The number of morpholine rings is 2. The van der Waals surface area contributed by atoms with E-state index >= 15 is 0 Å². The van der Waals surface area contributed by atoms with E-state index in [9.17, 15) is 26.4 Å². The lowest BCUT2D eigenvalue weighted by Gasteiger charge is -2.26. The van der Waals surface area contributed by atoms with Gasteiger partial charge in [0, 0.05) is 97.0 Å². The molecule has 2 heterocycles. The molecule has 0 bridgehead atoms. The van der Waals surface area contributed by atoms with Crippen LogP contribution in [0.25, 0.3) is 21.5 Å². The van der Waals surface area contributed by atoms with Crippen molar-refractivity contribution in [2.75, 3.05) is 87.0 Å². The Morgan fingerprint density at radius 3 is 1.34 bits per heavy atom. The third-order valence-electron chi connectivity index (χ3n) is 13.2. The maximum Gasteiger partial charge on any atom is 0.414 e. The zero-order chi connectivity index (χ0) is 55.8. The van der Waals surface area contributed by atoms with Gasteiger partial charge < -0.3 is 24.7 Å². The van der Waals surface area contributed by atoms with Crippen LogP contribution in [0.15, 0.2) is 192 Å². The number of amides is 2. The second-order valence-electron chi connectivity index (χ2n) is 18.7. The van der Waals surface area contributed by atoms with Crippen molar-refractivity contribution < 1.29 is 45.4 Å². The van der Waals surface area contributed by atoms with Crippen LogP contribution in [0.2, 0.25) is 0 Å². The molecular formula is C60H63ClN6O10S2. The lowest BCUT2D eigenvalue weighted by Crippen LogP contribution is -2.35. The number of rotatable bonds is 14. The second-order valence-corrected chi connectivity index (χ2v) is 22.9. The van der Waals surface area contributed by atoms with Crippen LogP contribution < -0.4 is 20.3 Å². The topological polar surface area (TPSA) is 190 Å². The summed E-state index contributed by atoms with van der Waals surface area (Å²) in [6.07, 6.45) is -1.07. The van der Waals surface area contributed by atoms with E-state index in [2.05, 4.69) is 26.7 Å². The van der Waals surface area contributed by atoms with Crippen LogP contribution in [0.1, 0.15) is 22.3 Å². The lowest BCUT2D eigenvalue weighted by atomic mass is 10.1. The molecule has 0 atom stereocenters. The van der Waals surface area contributed by atoms with Crippen LogP contribution in [-0.2, 0) is 64.3 Å². The summed E-state index contributed by atoms with van der Waals surface area (Å²) in [7, 11) is 0.900. The standard InChI is InChI=1S/C30H31N3O5S.C19H16ClNO4S.C11H16N2O/c1-32(30(34)38-22-24-7-3-2-4-8-24)28-11-5-10-27-26(28)9-6-12-29(27)39(35,36)31-25-15-13-23(14-16-25)21-33-17-19-37-20-18-33;1-21(19(22)25-13-14-7-3-2-4-8-14)17-11-5-10-16-15(17)9-6-12-18(16)26(20,23)24;12-11-3-1-10(2-4-11)9-13-5-7-14-8-6-13/h2-16,31H,17-22H2,1H3;2-12H,13H2,1H3;1-4H,5-9,12H2. The summed E-state index contributed by atoms with van der Waals surface area (Å²) in [6.45, 7) is 9.10. The number of ether oxygens (including phenoxy) is 4. The number of hydrogen-bond donors (Lipinski definition) is 2. The molecule has 0 spiro atoms. The van der Waals surface area contributed by atoms with E-state index in [1.165, 1.54) is 21.4 Å². The molecule has 0 aromatic heterocycles. The van der Waals surface area contributed by atoms with E-state index in [1.807, 2.05) is 84.9 Å². The average Bonchev–Trinajstić information content (AvgIpc) is 3.65. The molecule has 2 fully saturated rings. The van der Waals surface area contributed by atoms with Crippen molar-refractivity contribution in [3.63, 3.8) is 0 Å². The van der Waals surface area contributed by atoms with Gasteiger partial charge in [-0.1, -0.05) is 133 Å². The fraction of sp³-hybridized carbons (Fsp3) is 0.233. The number of nitrogens with one attached hydrogen (secondary N) is 1. The van der Waals surface area contributed by atoms with Crippen LogP contribution in [-0.4, -0.2) is 106 Å². The van der Waals surface area contributed by atoms with Gasteiger partial charge in [-0.25, -0.2) is 26.4 Å². The molecule has 79 heavy (non-hydrogen) atoms. The number of carbonyl (C=O) groups excluding carboxylic acids is 2. The molecule has 3 N–H and O–H groups in total. The lowest BCUT2D eigenvalue weighted by molar-refractivity contribution is 0.0341. The largest absolute Gasteiger partial charge is 0.444 e. The Labute approximate surface area is 466 Å². The van der Waals surface area contributed by atoms with Gasteiger partial charge in [-0.15, -0.1) is 0 Å². The van der Waals surface area contributed by atoms with Crippen molar-refractivity contribution >= 4 is 86.2 Å². The molecule has 0 unspecified atom stereocenters. The van der Waals surface area contributed by atoms with Gasteiger partial charge in [0.15, 0.2) is 0 Å². The van der Waals surface area contributed by atoms with Gasteiger partial charge in [0.05, 0.1) is 47.6 Å². The van der Waals surface area contributed by atoms with Crippen LogP contribution in [0.3, 0.4) is 0 Å². The fourth-order valence-corrected chi connectivity index (χ4v) is 11.3. The molecule has 16 nitrogen and oxygen atoms in total. The molecule has 8 aromatic carbocycles. The van der Waals surface area contributed by atoms with Crippen LogP contribution in [0, 0.1) is 0 Å². The predicted octanol–water partition coefficient (Wildman–Crippen LogP) is 10.9. The van der Waals surface area contributed by atoms with Crippen LogP contribution in [0.4, 0.5) is 32.3 Å². The smallest absolute Gasteiger partial charge is 0.414 e. The quantitative estimate of drug-likeness (QED) is 0.0773. The zero-order valence-electron chi connectivity index (χ0n) is 43.9. The molecule has 2 aliphatic heterocycles. The highest BCUT2D eigenvalue weighted by Gasteiger charge is 2.23. The van der Waals surface area contributed by atoms with Crippen LogP contribution >= 0.6 is 10.7 Å².